The van der Waals surface area contributed by atoms with Gasteiger partial charge in [0.15, 0.2) is 0 Å². The minimum Gasteiger partial charge on any atom is -0.330 e. The summed E-state index contributed by atoms with van der Waals surface area (Å²) in [4.78, 5) is -0.446. The molecule has 0 bridgehead atoms. The largest absolute Gasteiger partial charge is 0.330 e. The molecule has 1 aliphatic rings. The lowest BCUT2D eigenvalue weighted by Crippen LogP contribution is -2.35. The number of hydrogen-bond acceptors (Lipinski definition) is 3. The molecule has 1 fully saturated rings. The first kappa shape index (κ1) is 17.7. The van der Waals surface area contributed by atoms with Gasteiger partial charge in [-0.05, 0) is 30.5 Å². The molecule has 20 heavy (non-hydrogen) atoms. The van der Waals surface area contributed by atoms with Gasteiger partial charge in [0.25, 0.3) is 0 Å². The van der Waals surface area contributed by atoms with Gasteiger partial charge in [0.05, 0.1) is 5.02 Å². The fourth-order valence-electron chi connectivity index (χ4n) is 2.21. The van der Waals surface area contributed by atoms with E-state index >= 15 is 0 Å². The Labute approximate surface area is 129 Å². The number of benzene rings is 1. The smallest absolute Gasteiger partial charge is 0.247 e. The number of nitrogens with zero attached hydrogens (tertiary/aromatic N) is 1. The zero-order chi connectivity index (χ0) is 14.3. The topological polar surface area (TPSA) is 63.4 Å². The molecule has 0 saturated carbocycles. The summed E-state index contributed by atoms with van der Waals surface area (Å²) in [5.74, 6) is -0.825. The van der Waals surface area contributed by atoms with Crippen LogP contribution < -0.4 is 5.73 Å². The Kier molecular flexibility index (Phi) is 5.43. The predicted octanol–water partition coefficient (Wildman–Crippen LogP) is 2.26. The fraction of sp³-hybridized carbons (Fsp3) is 0.500. The SMILES string of the molecule is CC1(CN)CCN(S(=O)(=O)c2c(F)cccc2Cl)C1.Cl. The van der Waals surface area contributed by atoms with E-state index in [0.29, 0.717) is 19.5 Å². The predicted molar refractivity (Wildman–Crippen MR) is 79.2 cm³/mol. The number of hydrogen-bond donors (Lipinski definition) is 1. The zero-order valence-corrected chi connectivity index (χ0v) is 13.4. The Morgan fingerprint density at radius 2 is 2.15 bits per heavy atom. The molecule has 1 unspecified atom stereocenters. The van der Waals surface area contributed by atoms with Crippen molar-refractivity contribution in [3.63, 3.8) is 0 Å². The van der Waals surface area contributed by atoms with Crippen molar-refractivity contribution in [3.05, 3.63) is 29.0 Å². The molecule has 2 rings (SSSR count). The quantitative estimate of drug-likeness (QED) is 0.916. The van der Waals surface area contributed by atoms with E-state index in [1.807, 2.05) is 6.92 Å². The van der Waals surface area contributed by atoms with Crippen molar-refractivity contribution in [2.75, 3.05) is 19.6 Å². The number of halogens is 3. The summed E-state index contributed by atoms with van der Waals surface area (Å²) in [5, 5.41) is -0.0960. The summed E-state index contributed by atoms with van der Waals surface area (Å²) >= 11 is 5.83. The molecular formula is C12H17Cl2FN2O2S. The highest BCUT2D eigenvalue weighted by molar-refractivity contribution is 7.89. The van der Waals surface area contributed by atoms with Crippen molar-refractivity contribution in [2.45, 2.75) is 18.2 Å². The summed E-state index contributed by atoms with van der Waals surface area (Å²) < 4.78 is 39.9. The molecule has 114 valence electrons. The van der Waals surface area contributed by atoms with Crippen LogP contribution in [-0.2, 0) is 10.0 Å². The van der Waals surface area contributed by atoms with Crippen LogP contribution in [0.25, 0.3) is 0 Å². The van der Waals surface area contributed by atoms with Crippen molar-refractivity contribution in [1.29, 1.82) is 0 Å². The first-order valence-corrected chi connectivity index (χ1v) is 7.76. The molecule has 1 aliphatic heterocycles. The average molecular weight is 343 g/mol. The van der Waals surface area contributed by atoms with Gasteiger partial charge in [-0.25, -0.2) is 12.8 Å². The maximum atomic E-state index is 13.8. The highest BCUT2D eigenvalue weighted by Crippen LogP contribution is 2.35. The molecule has 4 nitrogen and oxygen atoms in total. The standard InChI is InChI=1S/C12H16ClFN2O2S.ClH/c1-12(7-15)5-6-16(8-12)19(17,18)11-9(13)3-2-4-10(11)14;/h2-4H,5-8,15H2,1H3;1H. The van der Waals surface area contributed by atoms with Crippen molar-refractivity contribution in [2.24, 2.45) is 11.1 Å². The van der Waals surface area contributed by atoms with Gasteiger partial charge in [-0.3, -0.25) is 0 Å². The molecule has 0 aromatic heterocycles. The monoisotopic (exact) mass is 342 g/mol. The molecule has 8 heteroatoms. The van der Waals surface area contributed by atoms with Crippen LogP contribution in [0.2, 0.25) is 5.02 Å². The molecular weight excluding hydrogens is 326 g/mol. The average Bonchev–Trinajstić information content (AvgIpc) is 2.73. The first-order valence-electron chi connectivity index (χ1n) is 5.94. The molecule has 1 aromatic rings. The van der Waals surface area contributed by atoms with Crippen LogP contribution in [0.5, 0.6) is 0 Å². The molecule has 1 aromatic carbocycles. The van der Waals surface area contributed by atoms with Crippen molar-refractivity contribution in [1.82, 2.24) is 4.31 Å². The lowest BCUT2D eigenvalue weighted by atomic mass is 9.90. The maximum Gasteiger partial charge on any atom is 0.247 e. The van der Waals surface area contributed by atoms with Gasteiger partial charge >= 0.3 is 0 Å². The Morgan fingerprint density at radius 1 is 1.50 bits per heavy atom. The van der Waals surface area contributed by atoms with Crippen LogP contribution in [0.1, 0.15) is 13.3 Å². The molecule has 0 amide bonds. The van der Waals surface area contributed by atoms with E-state index in [1.165, 1.54) is 16.4 Å². The van der Waals surface area contributed by atoms with E-state index < -0.39 is 20.7 Å². The van der Waals surface area contributed by atoms with Crippen molar-refractivity contribution < 1.29 is 12.8 Å². The third kappa shape index (κ3) is 3.09. The van der Waals surface area contributed by atoms with Gasteiger partial charge in [0, 0.05) is 13.1 Å². The molecule has 0 aliphatic carbocycles. The van der Waals surface area contributed by atoms with Crippen LogP contribution >= 0.6 is 24.0 Å². The van der Waals surface area contributed by atoms with Crippen molar-refractivity contribution >= 4 is 34.0 Å². The highest BCUT2D eigenvalue weighted by atomic mass is 35.5. The summed E-state index contributed by atoms with van der Waals surface area (Å²) in [6, 6.07) is 3.84. The van der Waals surface area contributed by atoms with Crippen LogP contribution in [0.4, 0.5) is 4.39 Å². The Balaban J connectivity index is 0.00000200. The first-order chi connectivity index (χ1) is 8.80. The van der Waals surface area contributed by atoms with Gasteiger partial charge in [-0.15, -0.1) is 12.4 Å². The summed E-state index contributed by atoms with van der Waals surface area (Å²) in [5.41, 5.74) is 5.39. The number of nitrogens with two attached hydrogens (primary N) is 1. The van der Waals surface area contributed by atoms with E-state index in [4.69, 9.17) is 17.3 Å². The van der Waals surface area contributed by atoms with Gasteiger partial charge < -0.3 is 5.73 Å². The van der Waals surface area contributed by atoms with E-state index in [-0.39, 0.29) is 29.4 Å². The van der Waals surface area contributed by atoms with E-state index in [9.17, 15) is 12.8 Å². The molecule has 1 atom stereocenters. The molecule has 0 spiro atoms. The number of rotatable bonds is 3. The van der Waals surface area contributed by atoms with E-state index in [1.54, 1.807) is 0 Å². The Morgan fingerprint density at radius 3 is 2.65 bits per heavy atom. The molecule has 2 N–H and O–H groups in total. The zero-order valence-electron chi connectivity index (χ0n) is 11.0. The minimum absolute atomic E-state index is 0. The second kappa shape index (κ2) is 6.15. The summed E-state index contributed by atoms with van der Waals surface area (Å²) in [6.07, 6.45) is 0.662. The van der Waals surface area contributed by atoms with Crippen LogP contribution in [0.3, 0.4) is 0 Å². The van der Waals surface area contributed by atoms with Gasteiger partial charge in [-0.2, -0.15) is 4.31 Å². The van der Waals surface area contributed by atoms with Crippen molar-refractivity contribution in [3.8, 4) is 0 Å². The second-order valence-corrected chi connectivity index (χ2v) is 7.44. The lowest BCUT2D eigenvalue weighted by Gasteiger charge is -2.22. The summed E-state index contributed by atoms with van der Waals surface area (Å²) in [7, 11) is -3.91. The van der Waals surface area contributed by atoms with Gasteiger partial charge in [0.2, 0.25) is 10.0 Å². The van der Waals surface area contributed by atoms with Gasteiger partial charge in [0.1, 0.15) is 10.7 Å². The van der Waals surface area contributed by atoms with Crippen LogP contribution in [-0.4, -0.2) is 32.4 Å². The lowest BCUT2D eigenvalue weighted by molar-refractivity contribution is 0.349. The summed E-state index contributed by atoms with van der Waals surface area (Å²) in [6.45, 7) is 2.94. The third-order valence-corrected chi connectivity index (χ3v) is 5.88. The maximum absolute atomic E-state index is 13.8. The normalized spacial score (nSPS) is 23.6. The Hall–Kier alpha value is -0.400. The number of sulfonamides is 1. The molecule has 0 radical (unpaired) electrons. The molecule has 1 heterocycles. The van der Waals surface area contributed by atoms with E-state index in [0.717, 1.165) is 6.07 Å². The Bertz CT molecular complexity index is 577. The van der Waals surface area contributed by atoms with Crippen LogP contribution in [0.15, 0.2) is 23.1 Å². The van der Waals surface area contributed by atoms with Gasteiger partial charge in [-0.1, -0.05) is 24.6 Å². The van der Waals surface area contributed by atoms with Crippen LogP contribution in [0, 0.1) is 11.2 Å². The minimum atomic E-state index is -3.91. The second-order valence-electron chi connectivity index (χ2n) is 5.15. The third-order valence-electron chi connectivity index (χ3n) is 3.53. The van der Waals surface area contributed by atoms with E-state index in [2.05, 4.69) is 0 Å². The fourth-order valence-corrected chi connectivity index (χ4v) is 4.36. The highest BCUT2D eigenvalue weighted by Gasteiger charge is 2.40. The molecule has 1 saturated heterocycles.